The van der Waals surface area contributed by atoms with E-state index < -0.39 is 0 Å². The van der Waals surface area contributed by atoms with Gasteiger partial charge in [-0.1, -0.05) is 26.0 Å². The summed E-state index contributed by atoms with van der Waals surface area (Å²) in [5.41, 5.74) is 4.79. The predicted octanol–water partition coefficient (Wildman–Crippen LogP) is 3.31. The average molecular weight is 405 g/mol. The van der Waals surface area contributed by atoms with Crippen molar-refractivity contribution in [3.8, 4) is 6.07 Å². The van der Waals surface area contributed by atoms with Gasteiger partial charge in [-0.15, -0.1) is 0 Å². The van der Waals surface area contributed by atoms with Gasteiger partial charge in [-0.2, -0.15) is 5.26 Å². The van der Waals surface area contributed by atoms with Crippen LogP contribution in [0.2, 0.25) is 0 Å². The van der Waals surface area contributed by atoms with E-state index in [1.54, 1.807) is 0 Å². The molecule has 0 spiro atoms. The summed E-state index contributed by atoms with van der Waals surface area (Å²) in [6, 6.07) is 9.80. The smallest absolute Gasteiger partial charge is 0.270 e. The topological polar surface area (TPSA) is 80.2 Å². The molecule has 1 aliphatic carbocycles. The van der Waals surface area contributed by atoms with Crippen LogP contribution in [0, 0.1) is 23.7 Å². The van der Waals surface area contributed by atoms with Gasteiger partial charge in [-0.05, 0) is 42.0 Å². The summed E-state index contributed by atoms with van der Waals surface area (Å²) in [5.74, 6) is 0.131. The summed E-state index contributed by atoms with van der Waals surface area (Å²) in [6.45, 7) is 9.83. The third-order valence-corrected chi connectivity index (χ3v) is 6.26. The zero-order chi connectivity index (χ0) is 21.5. The second-order valence-electron chi connectivity index (χ2n) is 9.30. The summed E-state index contributed by atoms with van der Waals surface area (Å²) in [4.78, 5) is 33.3. The molecule has 0 atom stereocenters. The number of piperazine rings is 1. The first-order chi connectivity index (χ1) is 14.3. The SMILES string of the molecule is Cc1c(C(=O)N2CCN(Cc3ccc(C#N)cc3)CC2)[nH]c2c1C(=O)CC(C)(C)C2. The minimum Gasteiger partial charge on any atom is -0.354 e. The van der Waals surface area contributed by atoms with Gasteiger partial charge in [-0.3, -0.25) is 14.5 Å². The van der Waals surface area contributed by atoms with Crippen LogP contribution in [0.25, 0.3) is 0 Å². The van der Waals surface area contributed by atoms with E-state index in [9.17, 15) is 9.59 Å². The number of carbonyl (C=O) groups excluding carboxylic acids is 2. The predicted molar refractivity (Wildman–Crippen MR) is 114 cm³/mol. The number of carbonyl (C=O) groups is 2. The molecule has 30 heavy (non-hydrogen) atoms. The molecule has 2 heterocycles. The molecule has 1 N–H and O–H groups in total. The Hall–Kier alpha value is -2.91. The number of aromatic nitrogens is 1. The number of rotatable bonds is 3. The Bertz CT molecular complexity index is 1020. The van der Waals surface area contributed by atoms with Crippen LogP contribution in [0.5, 0.6) is 0 Å². The van der Waals surface area contributed by atoms with Crippen LogP contribution in [-0.4, -0.2) is 52.7 Å². The monoisotopic (exact) mass is 404 g/mol. The van der Waals surface area contributed by atoms with Crippen LogP contribution in [0.3, 0.4) is 0 Å². The van der Waals surface area contributed by atoms with Crippen molar-refractivity contribution < 1.29 is 9.59 Å². The highest BCUT2D eigenvalue weighted by atomic mass is 16.2. The highest BCUT2D eigenvalue weighted by Crippen LogP contribution is 2.37. The molecule has 0 radical (unpaired) electrons. The summed E-state index contributed by atoms with van der Waals surface area (Å²) < 4.78 is 0. The van der Waals surface area contributed by atoms with Gasteiger partial charge in [0.15, 0.2) is 5.78 Å². The molecule has 1 saturated heterocycles. The molecular formula is C24H28N4O2. The van der Waals surface area contributed by atoms with Crippen LogP contribution in [0.15, 0.2) is 24.3 Å². The van der Waals surface area contributed by atoms with Crippen molar-refractivity contribution in [2.75, 3.05) is 26.2 Å². The first kappa shape index (κ1) is 20.4. The fraction of sp³-hybridized carbons (Fsp3) is 0.458. The molecule has 1 amide bonds. The third-order valence-electron chi connectivity index (χ3n) is 6.26. The Morgan fingerprint density at radius 3 is 2.43 bits per heavy atom. The molecular weight excluding hydrogens is 376 g/mol. The summed E-state index contributed by atoms with van der Waals surface area (Å²) >= 11 is 0. The molecule has 1 aromatic carbocycles. The largest absolute Gasteiger partial charge is 0.354 e. The lowest BCUT2D eigenvalue weighted by Crippen LogP contribution is -2.48. The fourth-order valence-corrected chi connectivity index (χ4v) is 4.66. The molecule has 0 saturated carbocycles. The van der Waals surface area contributed by atoms with Crippen molar-refractivity contribution in [1.82, 2.24) is 14.8 Å². The van der Waals surface area contributed by atoms with Crippen molar-refractivity contribution in [1.29, 1.82) is 5.26 Å². The molecule has 0 bridgehead atoms. The zero-order valence-electron chi connectivity index (χ0n) is 17.9. The van der Waals surface area contributed by atoms with Gasteiger partial charge in [0.25, 0.3) is 5.91 Å². The van der Waals surface area contributed by atoms with Crippen LogP contribution < -0.4 is 0 Å². The highest BCUT2D eigenvalue weighted by Gasteiger charge is 2.36. The Morgan fingerprint density at radius 2 is 1.80 bits per heavy atom. The average Bonchev–Trinajstić information content (AvgIpc) is 3.03. The van der Waals surface area contributed by atoms with E-state index in [0.29, 0.717) is 30.8 Å². The summed E-state index contributed by atoms with van der Waals surface area (Å²) in [6.07, 6.45) is 1.32. The molecule has 1 aromatic heterocycles. The first-order valence-corrected chi connectivity index (χ1v) is 10.5. The maximum atomic E-state index is 13.2. The minimum absolute atomic E-state index is 0.00877. The van der Waals surface area contributed by atoms with E-state index in [2.05, 4.69) is 29.8 Å². The lowest BCUT2D eigenvalue weighted by molar-refractivity contribution is 0.0622. The number of benzene rings is 1. The molecule has 1 aliphatic heterocycles. The molecule has 0 unspecified atom stereocenters. The minimum atomic E-state index is -0.0707. The van der Waals surface area contributed by atoms with Crippen molar-refractivity contribution >= 4 is 11.7 Å². The number of hydrogen-bond donors (Lipinski definition) is 1. The number of ketones is 1. The number of H-pyrrole nitrogens is 1. The Balaban J connectivity index is 1.41. The van der Waals surface area contributed by atoms with Gasteiger partial charge >= 0.3 is 0 Å². The maximum absolute atomic E-state index is 13.2. The molecule has 156 valence electrons. The number of hydrogen-bond acceptors (Lipinski definition) is 4. The van der Waals surface area contributed by atoms with E-state index in [1.807, 2.05) is 36.1 Å². The molecule has 6 heteroatoms. The van der Waals surface area contributed by atoms with Gasteiger partial charge in [0.2, 0.25) is 0 Å². The molecule has 1 fully saturated rings. The Morgan fingerprint density at radius 1 is 1.13 bits per heavy atom. The van der Waals surface area contributed by atoms with Crippen molar-refractivity contribution in [2.24, 2.45) is 5.41 Å². The number of Topliss-reactive ketones (excluding diaryl/α,β-unsaturated/α-hetero) is 1. The van der Waals surface area contributed by atoms with Gasteiger partial charge < -0.3 is 9.88 Å². The van der Waals surface area contributed by atoms with Crippen LogP contribution in [0.4, 0.5) is 0 Å². The normalized spacial score (nSPS) is 18.7. The van der Waals surface area contributed by atoms with Crippen LogP contribution in [-0.2, 0) is 13.0 Å². The number of nitrogens with one attached hydrogen (secondary N) is 1. The van der Waals surface area contributed by atoms with Gasteiger partial charge in [-0.25, -0.2) is 0 Å². The van der Waals surface area contributed by atoms with Crippen LogP contribution >= 0.6 is 0 Å². The standard InChI is InChI=1S/C24H28N4O2/c1-16-21-19(12-24(2,3)13-20(21)29)26-22(16)23(30)28-10-8-27(9-11-28)15-18-6-4-17(14-25)5-7-18/h4-7,26H,8-13,15H2,1-3H3. The number of aromatic amines is 1. The Labute approximate surface area is 177 Å². The second-order valence-corrected chi connectivity index (χ2v) is 9.30. The Kier molecular flexibility index (Phi) is 5.25. The number of nitriles is 1. The van der Waals surface area contributed by atoms with E-state index in [-0.39, 0.29) is 17.1 Å². The highest BCUT2D eigenvalue weighted by molar-refractivity contribution is 6.04. The molecule has 2 aromatic rings. The van der Waals surface area contributed by atoms with Crippen molar-refractivity contribution in [3.63, 3.8) is 0 Å². The van der Waals surface area contributed by atoms with E-state index in [0.717, 1.165) is 42.9 Å². The fourth-order valence-electron chi connectivity index (χ4n) is 4.66. The van der Waals surface area contributed by atoms with Gasteiger partial charge in [0.1, 0.15) is 5.69 Å². The number of nitrogens with zero attached hydrogens (tertiary/aromatic N) is 3. The van der Waals surface area contributed by atoms with E-state index in [1.165, 1.54) is 5.56 Å². The molecule has 6 nitrogen and oxygen atoms in total. The number of amides is 1. The van der Waals surface area contributed by atoms with Crippen LogP contribution in [0.1, 0.15) is 63.5 Å². The van der Waals surface area contributed by atoms with Crippen molar-refractivity contribution in [3.05, 3.63) is 57.9 Å². The maximum Gasteiger partial charge on any atom is 0.270 e. The van der Waals surface area contributed by atoms with E-state index >= 15 is 0 Å². The molecule has 4 rings (SSSR count). The quantitative estimate of drug-likeness (QED) is 0.851. The number of fused-ring (bicyclic) bond motifs is 1. The van der Waals surface area contributed by atoms with Crippen molar-refractivity contribution in [2.45, 2.75) is 40.2 Å². The summed E-state index contributed by atoms with van der Waals surface area (Å²) in [7, 11) is 0. The lowest BCUT2D eigenvalue weighted by atomic mass is 9.75. The second kappa shape index (κ2) is 7.73. The molecule has 2 aliphatic rings. The van der Waals surface area contributed by atoms with Gasteiger partial charge in [0, 0.05) is 50.4 Å². The summed E-state index contributed by atoms with van der Waals surface area (Å²) in [5, 5.41) is 8.92. The van der Waals surface area contributed by atoms with E-state index in [4.69, 9.17) is 5.26 Å². The lowest BCUT2D eigenvalue weighted by Gasteiger charge is -2.34. The van der Waals surface area contributed by atoms with Gasteiger partial charge in [0.05, 0.1) is 11.6 Å². The zero-order valence-corrected chi connectivity index (χ0v) is 17.9. The third kappa shape index (κ3) is 3.90. The first-order valence-electron chi connectivity index (χ1n) is 10.5.